The van der Waals surface area contributed by atoms with Crippen molar-refractivity contribution >= 4 is 11.6 Å². The molecule has 7 nitrogen and oxygen atoms in total. The number of carbonyl (C=O) groups is 1. The standard InChI is InChI=1S/C19H26N4O3/c1-23(2)8-7-21-19(24)15-10-16(13-20-12-15)22-11-14-5-6-17(25-3)18(9-14)26-4/h5-6,9-10,12-13,22H,7-8,11H2,1-4H3,(H,21,24). The Balaban J connectivity index is 1.97. The molecule has 0 radical (unpaired) electrons. The average molecular weight is 358 g/mol. The third kappa shape index (κ3) is 5.63. The summed E-state index contributed by atoms with van der Waals surface area (Å²) in [5.41, 5.74) is 2.34. The van der Waals surface area contributed by atoms with E-state index in [9.17, 15) is 4.79 Å². The third-order valence-electron chi connectivity index (χ3n) is 3.79. The highest BCUT2D eigenvalue weighted by Gasteiger charge is 2.08. The number of anilines is 1. The number of hydrogen-bond acceptors (Lipinski definition) is 6. The van der Waals surface area contributed by atoms with Gasteiger partial charge in [-0.2, -0.15) is 0 Å². The van der Waals surface area contributed by atoms with E-state index in [1.54, 1.807) is 32.7 Å². The van der Waals surface area contributed by atoms with Gasteiger partial charge in [-0.25, -0.2) is 0 Å². The summed E-state index contributed by atoms with van der Waals surface area (Å²) in [6.07, 6.45) is 3.25. The fourth-order valence-corrected chi connectivity index (χ4v) is 2.35. The number of nitrogens with zero attached hydrogens (tertiary/aromatic N) is 2. The number of pyridine rings is 1. The predicted molar refractivity (Wildman–Crippen MR) is 102 cm³/mol. The van der Waals surface area contributed by atoms with E-state index in [2.05, 4.69) is 15.6 Å². The van der Waals surface area contributed by atoms with Crippen molar-refractivity contribution in [2.45, 2.75) is 6.54 Å². The highest BCUT2D eigenvalue weighted by Crippen LogP contribution is 2.27. The lowest BCUT2D eigenvalue weighted by Gasteiger charge is -2.12. The summed E-state index contributed by atoms with van der Waals surface area (Å²) in [5.74, 6) is 1.24. The molecule has 0 aliphatic heterocycles. The number of rotatable bonds is 9. The third-order valence-corrected chi connectivity index (χ3v) is 3.79. The van der Waals surface area contributed by atoms with Gasteiger partial charge in [-0.1, -0.05) is 6.07 Å². The van der Waals surface area contributed by atoms with Crippen LogP contribution in [-0.4, -0.2) is 57.2 Å². The molecule has 0 aliphatic carbocycles. The molecule has 26 heavy (non-hydrogen) atoms. The summed E-state index contributed by atoms with van der Waals surface area (Å²) in [4.78, 5) is 18.3. The number of nitrogens with one attached hydrogen (secondary N) is 2. The smallest absolute Gasteiger partial charge is 0.252 e. The Bertz CT molecular complexity index is 734. The molecule has 0 saturated heterocycles. The van der Waals surface area contributed by atoms with Crippen molar-refractivity contribution in [1.82, 2.24) is 15.2 Å². The lowest BCUT2D eigenvalue weighted by Crippen LogP contribution is -2.31. The van der Waals surface area contributed by atoms with Crippen molar-refractivity contribution in [2.75, 3.05) is 46.7 Å². The molecule has 7 heteroatoms. The fourth-order valence-electron chi connectivity index (χ4n) is 2.35. The summed E-state index contributed by atoms with van der Waals surface area (Å²) in [7, 11) is 7.15. The second-order valence-corrected chi connectivity index (χ2v) is 6.06. The Labute approximate surface area is 154 Å². The lowest BCUT2D eigenvalue weighted by atomic mass is 10.2. The van der Waals surface area contributed by atoms with Gasteiger partial charge < -0.3 is 25.0 Å². The van der Waals surface area contributed by atoms with Crippen molar-refractivity contribution in [3.05, 3.63) is 47.8 Å². The Morgan fingerprint density at radius 1 is 1.12 bits per heavy atom. The molecule has 0 atom stereocenters. The Kier molecular flexibility index (Phi) is 7.23. The predicted octanol–water partition coefficient (Wildman–Crippen LogP) is 2.00. The molecule has 0 aliphatic rings. The van der Waals surface area contributed by atoms with Gasteiger partial charge in [-0.3, -0.25) is 9.78 Å². The average Bonchev–Trinajstić information content (AvgIpc) is 2.65. The largest absolute Gasteiger partial charge is 0.493 e. The molecule has 1 amide bonds. The topological polar surface area (TPSA) is 75.7 Å². The number of hydrogen-bond donors (Lipinski definition) is 2. The van der Waals surface area contributed by atoms with Gasteiger partial charge in [-0.05, 0) is 37.9 Å². The first-order chi connectivity index (χ1) is 12.5. The lowest BCUT2D eigenvalue weighted by molar-refractivity contribution is 0.0950. The first-order valence-corrected chi connectivity index (χ1v) is 8.36. The minimum Gasteiger partial charge on any atom is -0.493 e. The van der Waals surface area contributed by atoms with Crippen LogP contribution < -0.4 is 20.1 Å². The number of methoxy groups -OCH3 is 2. The maximum atomic E-state index is 12.2. The molecule has 0 bridgehead atoms. The van der Waals surface area contributed by atoms with Gasteiger partial charge in [0.05, 0.1) is 25.5 Å². The van der Waals surface area contributed by atoms with Crippen molar-refractivity contribution in [3.8, 4) is 11.5 Å². The Morgan fingerprint density at radius 2 is 1.88 bits per heavy atom. The van der Waals surface area contributed by atoms with Crippen molar-refractivity contribution in [3.63, 3.8) is 0 Å². The van der Waals surface area contributed by atoms with E-state index in [1.807, 2.05) is 37.2 Å². The van der Waals surface area contributed by atoms with Gasteiger partial charge in [-0.15, -0.1) is 0 Å². The molecular weight excluding hydrogens is 332 g/mol. The molecular formula is C19H26N4O3. The number of amides is 1. The van der Waals surface area contributed by atoms with E-state index in [0.29, 0.717) is 30.2 Å². The number of benzene rings is 1. The Hall–Kier alpha value is -2.80. The highest BCUT2D eigenvalue weighted by atomic mass is 16.5. The first kappa shape index (κ1) is 19.5. The van der Waals surface area contributed by atoms with Gasteiger partial charge in [0.25, 0.3) is 5.91 Å². The molecule has 0 spiro atoms. The second kappa shape index (κ2) is 9.62. The zero-order chi connectivity index (χ0) is 18.9. The molecule has 1 heterocycles. The molecule has 2 rings (SSSR count). The molecule has 0 fully saturated rings. The van der Waals surface area contributed by atoms with E-state index < -0.39 is 0 Å². The van der Waals surface area contributed by atoms with Crippen LogP contribution in [0.3, 0.4) is 0 Å². The van der Waals surface area contributed by atoms with Crippen LogP contribution in [0.4, 0.5) is 5.69 Å². The molecule has 1 aromatic carbocycles. The Morgan fingerprint density at radius 3 is 2.58 bits per heavy atom. The van der Waals surface area contributed by atoms with E-state index >= 15 is 0 Å². The minimum atomic E-state index is -0.130. The van der Waals surface area contributed by atoms with Gasteiger partial charge in [0.2, 0.25) is 0 Å². The molecule has 0 saturated carbocycles. The number of likely N-dealkylation sites (N-methyl/N-ethyl adjacent to an activating group) is 1. The van der Waals surface area contributed by atoms with Gasteiger partial charge in [0, 0.05) is 32.0 Å². The molecule has 2 N–H and O–H groups in total. The molecule has 0 unspecified atom stereocenters. The van der Waals surface area contributed by atoms with Crippen LogP contribution in [0.1, 0.15) is 15.9 Å². The van der Waals surface area contributed by atoms with E-state index in [-0.39, 0.29) is 5.91 Å². The van der Waals surface area contributed by atoms with E-state index in [4.69, 9.17) is 9.47 Å². The first-order valence-electron chi connectivity index (χ1n) is 8.36. The van der Waals surface area contributed by atoms with Crippen LogP contribution in [0.2, 0.25) is 0 Å². The quantitative estimate of drug-likeness (QED) is 0.714. The van der Waals surface area contributed by atoms with E-state index in [1.165, 1.54) is 0 Å². The summed E-state index contributed by atoms with van der Waals surface area (Å²) < 4.78 is 10.6. The van der Waals surface area contributed by atoms with Crippen LogP contribution in [0, 0.1) is 0 Å². The maximum Gasteiger partial charge on any atom is 0.252 e. The van der Waals surface area contributed by atoms with E-state index in [0.717, 1.165) is 17.8 Å². The van der Waals surface area contributed by atoms with Crippen LogP contribution >= 0.6 is 0 Å². The molecule has 2 aromatic rings. The van der Waals surface area contributed by atoms with Crippen LogP contribution in [-0.2, 0) is 6.54 Å². The fraction of sp³-hybridized carbons (Fsp3) is 0.368. The SMILES string of the molecule is COc1ccc(CNc2cncc(C(=O)NCCN(C)C)c2)cc1OC. The van der Waals surface area contributed by atoms with Crippen LogP contribution in [0.15, 0.2) is 36.7 Å². The maximum absolute atomic E-state index is 12.2. The van der Waals surface area contributed by atoms with Gasteiger partial charge in [0.1, 0.15) is 0 Å². The van der Waals surface area contributed by atoms with Crippen LogP contribution in [0.25, 0.3) is 0 Å². The summed E-state index contributed by atoms with van der Waals surface area (Å²) in [6, 6.07) is 7.53. The number of carbonyl (C=O) groups excluding carboxylic acids is 1. The zero-order valence-electron chi connectivity index (χ0n) is 15.7. The molecule has 140 valence electrons. The zero-order valence-corrected chi connectivity index (χ0v) is 15.7. The summed E-state index contributed by atoms with van der Waals surface area (Å²) >= 11 is 0. The minimum absolute atomic E-state index is 0.130. The van der Waals surface area contributed by atoms with Crippen LogP contribution in [0.5, 0.6) is 11.5 Å². The highest BCUT2D eigenvalue weighted by molar-refractivity contribution is 5.94. The van der Waals surface area contributed by atoms with Gasteiger partial charge in [0.15, 0.2) is 11.5 Å². The van der Waals surface area contributed by atoms with Crippen molar-refractivity contribution < 1.29 is 14.3 Å². The summed E-state index contributed by atoms with van der Waals surface area (Å²) in [6.45, 7) is 1.96. The monoisotopic (exact) mass is 358 g/mol. The second-order valence-electron chi connectivity index (χ2n) is 6.06. The molecule has 1 aromatic heterocycles. The van der Waals surface area contributed by atoms with Crippen molar-refractivity contribution in [2.24, 2.45) is 0 Å². The van der Waals surface area contributed by atoms with Gasteiger partial charge >= 0.3 is 0 Å². The number of aromatic nitrogens is 1. The normalized spacial score (nSPS) is 10.5. The number of ether oxygens (including phenoxy) is 2. The summed E-state index contributed by atoms with van der Waals surface area (Å²) in [5, 5.41) is 6.15. The van der Waals surface area contributed by atoms with Crippen molar-refractivity contribution in [1.29, 1.82) is 0 Å².